The van der Waals surface area contributed by atoms with Crippen LogP contribution in [0.1, 0.15) is 15.9 Å². The minimum atomic E-state index is -5.96. The lowest BCUT2D eigenvalue weighted by Gasteiger charge is -2.18. The number of amides is 1. The summed E-state index contributed by atoms with van der Waals surface area (Å²) in [5, 5.41) is 10.2. The van der Waals surface area contributed by atoms with Crippen LogP contribution < -0.4 is 5.32 Å². The smallest absolute Gasteiger partial charge is 0.463 e. The fourth-order valence-electron chi connectivity index (χ4n) is 1.42. The maximum atomic E-state index is 12.6. The molecule has 116 valence electrons. The maximum absolute atomic E-state index is 12.6. The first-order valence-electron chi connectivity index (χ1n) is 5.61. The molecular weight excluding hydrogens is 301 g/mol. The second-order valence-electron chi connectivity index (χ2n) is 4.08. The van der Waals surface area contributed by atoms with Gasteiger partial charge in [-0.05, 0) is 24.1 Å². The number of hydrogen-bond acceptors (Lipinski definition) is 2. The molecule has 1 amide bonds. The Labute approximate surface area is 115 Å². The van der Waals surface area contributed by atoms with Crippen molar-refractivity contribution in [1.29, 1.82) is 0 Å². The number of carbonyl (C=O) groups excluding carboxylic acids is 1. The third-order valence-corrected chi connectivity index (χ3v) is 2.51. The molecule has 1 aromatic carbocycles. The van der Waals surface area contributed by atoms with Gasteiger partial charge in [-0.1, -0.05) is 12.1 Å². The molecule has 0 spiro atoms. The van der Waals surface area contributed by atoms with E-state index in [1.54, 1.807) is 0 Å². The van der Waals surface area contributed by atoms with Crippen LogP contribution in [0.15, 0.2) is 24.3 Å². The fraction of sp³-hybridized carbons (Fsp3) is 0.333. The van der Waals surface area contributed by atoms with E-state index in [4.69, 9.17) is 5.11 Å². The molecular formula is C12H10F5NO3. The quantitative estimate of drug-likeness (QED) is 0.820. The van der Waals surface area contributed by atoms with Crippen LogP contribution in [0.5, 0.6) is 0 Å². The number of halogens is 5. The molecule has 2 N–H and O–H groups in total. The number of benzene rings is 1. The van der Waals surface area contributed by atoms with Crippen LogP contribution in [0.3, 0.4) is 0 Å². The van der Waals surface area contributed by atoms with Crippen LogP contribution in [0, 0.1) is 0 Å². The van der Waals surface area contributed by atoms with Crippen molar-refractivity contribution in [2.45, 2.75) is 18.5 Å². The van der Waals surface area contributed by atoms with Gasteiger partial charge in [0.2, 0.25) is 0 Å². The number of rotatable bonds is 5. The summed E-state index contributed by atoms with van der Waals surface area (Å²) in [5.74, 6) is -9.11. The molecule has 0 unspecified atom stereocenters. The number of carbonyl (C=O) groups is 2. The monoisotopic (exact) mass is 311 g/mol. The molecule has 0 radical (unpaired) electrons. The van der Waals surface area contributed by atoms with Gasteiger partial charge < -0.3 is 10.4 Å². The highest BCUT2D eigenvalue weighted by Gasteiger charge is 2.63. The van der Waals surface area contributed by atoms with Crippen LogP contribution >= 0.6 is 0 Å². The Morgan fingerprint density at radius 1 is 1.14 bits per heavy atom. The van der Waals surface area contributed by atoms with Gasteiger partial charge in [-0.2, -0.15) is 22.0 Å². The first-order chi connectivity index (χ1) is 9.55. The minimum Gasteiger partial charge on any atom is -0.478 e. The van der Waals surface area contributed by atoms with Crippen molar-refractivity contribution >= 4 is 11.9 Å². The van der Waals surface area contributed by atoms with Crippen molar-refractivity contribution in [3.05, 3.63) is 35.4 Å². The number of nitrogens with one attached hydrogen (secondary N) is 1. The Bertz CT molecular complexity index is 542. The van der Waals surface area contributed by atoms with Crippen molar-refractivity contribution < 1.29 is 36.6 Å². The Hall–Kier alpha value is -2.19. The van der Waals surface area contributed by atoms with Gasteiger partial charge in [0.25, 0.3) is 5.91 Å². The second-order valence-corrected chi connectivity index (χ2v) is 4.08. The Kier molecular flexibility index (Phi) is 4.87. The Balaban J connectivity index is 2.60. The molecule has 4 nitrogen and oxygen atoms in total. The summed E-state index contributed by atoms with van der Waals surface area (Å²) in [6.07, 6.45) is -6.04. The van der Waals surface area contributed by atoms with Crippen LogP contribution in [0.25, 0.3) is 0 Å². The molecule has 9 heteroatoms. The summed E-state index contributed by atoms with van der Waals surface area (Å²) in [4.78, 5) is 21.5. The zero-order valence-electron chi connectivity index (χ0n) is 10.4. The average Bonchev–Trinajstić information content (AvgIpc) is 2.37. The number of hydrogen-bond donors (Lipinski definition) is 2. The predicted octanol–water partition coefficient (Wildman–Crippen LogP) is 2.24. The van der Waals surface area contributed by atoms with Crippen LogP contribution in [-0.2, 0) is 11.2 Å². The van der Waals surface area contributed by atoms with Gasteiger partial charge in [0.15, 0.2) is 0 Å². The van der Waals surface area contributed by atoms with Crippen LogP contribution in [0.4, 0.5) is 22.0 Å². The Morgan fingerprint density at radius 3 is 2.29 bits per heavy atom. The van der Waals surface area contributed by atoms with Gasteiger partial charge in [0.1, 0.15) is 0 Å². The van der Waals surface area contributed by atoms with E-state index in [2.05, 4.69) is 0 Å². The van der Waals surface area contributed by atoms with E-state index in [1.807, 2.05) is 0 Å². The summed E-state index contributed by atoms with van der Waals surface area (Å²) < 4.78 is 60.9. The minimum absolute atomic E-state index is 0.0561. The molecule has 0 saturated heterocycles. The zero-order chi connectivity index (χ0) is 16.3. The van der Waals surface area contributed by atoms with Gasteiger partial charge in [-0.15, -0.1) is 0 Å². The predicted molar refractivity (Wildman–Crippen MR) is 61.1 cm³/mol. The van der Waals surface area contributed by atoms with E-state index in [0.29, 0.717) is 5.56 Å². The van der Waals surface area contributed by atoms with Crippen molar-refractivity contribution in [2.24, 2.45) is 0 Å². The van der Waals surface area contributed by atoms with Crippen molar-refractivity contribution in [2.75, 3.05) is 6.54 Å². The number of carboxylic acid groups (broad SMARTS) is 1. The van der Waals surface area contributed by atoms with E-state index in [0.717, 1.165) is 0 Å². The number of aromatic carboxylic acids is 1. The second kappa shape index (κ2) is 6.06. The molecule has 0 aliphatic carbocycles. The molecule has 0 aliphatic heterocycles. The van der Waals surface area contributed by atoms with Gasteiger partial charge in [0.05, 0.1) is 5.56 Å². The largest absolute Gasteiger partial charge is 0.478 e. The van der Waals surface area contributed by atoms with Crippen molar-refractivity contribution in [3.8, 4) is 0 Å². The highest BCUT2D eigenvalue weighted by atomic mass is 19.4. The number of alkyl halides is 5. The standard InChI is InChI=1S/C12H10F5NO3/c13-11(14,12(15,16)17)10(21)18-5-4-7-2-1-3-8(6-7)9(19)20/h1-3,6H,4-5H2,(H,18,21)(H,19,20). The number of carboxylic acids is 1. The third-order valence-electron chi connectivity index (χ3n) is 2.51. The zero-order valence-corrected chi connectivity index (χ0v) is 10.4. The first-order valence-corrected chi connectivity index (χ1v) is 5.61. The molecule has 0 aromatic heterocycles. The van der Waals surface area contributed by atoms with E-state index < -0.39 is 30.5 Å². The lowest BCUT2D eigenvalue weighted by atomic mass is 10.1. The van der Waals surface area contributed by atoms with E-state index in [1.165, 1.54) is 29.6 Å². The Morgan fingerprint density at radius 2 is 1.76 bits per heavy atom. The first kappa shape index (κ1) is 16.9. The molecule has 0 aliphatic rings. The molecule has 1 aromatic rings. The molecule has 0 bridgehead atoms. The average molecular weight is 311 g/mol. The molecule has 0 atom stereocenters. The van der Waals surface area contributed by atoms with Crippen LogP contribution in [0.2, 0.25) is 0 Å². The highest BCUT2D eigenvalue weighted by Crippen LogP contribution is 2.35. The SMILES string of the molecule is O=C(O)c1cccc(CCNC(=O)C(F)(F)C(F)(F)F)c1. The fourth-order valence-corrected chi connectivity index (χ4v) is 1.42. The van der Waals surface area contributed by atoms with Crippen molar-refractivity contribution in [1.82, 2.24) is 5.32 Å². The van der Waals surface area contributed by atoms with E-state index in [9.17, 15) is 31.5 Å². The molecule has 1 rings (SSSR count). The summed E-state index contributed by atoms with van der Waals surface area (Å²) in [6, 6.07) is 5.38. The van der Waals surface area contributed by atoms with Gasteiger partial charge in [-0.25, -0.2) is 4.79 Å². The molecule has 0 saturated carbocycles. The molecule has 0 fully saturated rings. The third kappa shape index (κ3) is 4.14. The summed E-state index contributed by atoms with van der Waals surface area (Å²) in [7, 11) is 0. The summed E-state index contributed by atoms with van der Waals surface area (Å²) >= 11 is 0. The van der Waals surface area contributed by atoms with Crippen molar-refractivity contribution in [3.63, 3.8) is 0 Å². The van der Waals surface area contributed by atoms with Gasteiger partial charge in [0, 0.05) is 6.54 Å². The topological polar surface area (TPSA) is 66.4 Å². The van der Waals surface area contributed by atoms with E-state index in [-0.39, 0.29) is 12.0 Å². The van der Waals surface area contributed by atoms with Gasteiger partial charge in [-0.3, -0.25) is 4.79 Å². The molecule has 0 heterocycles. The summed E-state index contributed by atoms with van der Waals surface area (Å²) in [5.41, 5.74) is 0.324. The molecule has 21 heavy (non-hydrogen) atoms. The van der Waals surface area contributed by atoms with E-state index >= 15 is 0 Å². The van der Waals surface area contributed by atoms with Crippen LogP contribution in [-0.4, -0.2) is 35.6 Å². The lowest BCUT2D eigenvalue weighted by molar-refractivity contribution is -0.269. The van der Waals surface area contributed by atoms with Gasteiger partial charge >= 0.3 is 18.1 Å². The summed E-state index contributed by atoms with van der Waals surface area (Å²) in [6.45, 7) is -0.479. The highest BCUT2D eigenvalue weighted by molar-refractivity contribution is 5.87. The normalized spacial score (nSPS) is 12.0. The lowest BCUT2D eigenvalue weighted by Crippen LogP contribution is -2.50. The maximum Gasteiger partial charge on any atom is 0.463 e.